The van der Waals surface area contributed by atoms with Crippen LogP contribution in [0.15, 0.2) is 76.7 Å². The van der Waals surface area contributed by atoms with Gasteiger partial charge in [-0.2, -0.15) is 13.2 Å². The van der Waals surface area contributed by atoms with E-state index in [0.717, 1.165) is 23.3 Å². The Morgan fingerprint density at radius 2 is 1.52 bits per heavy atom. The molecule has 3 aromatic rings. The fourth-order valence-corrected chi connectivity index (χ4v) is 3.17. The maximum Gasteiger partial charge on any atom is 0.417 e. The molecule has 11 heteroatoms. The lowest BCUT2D eigenvalue weighted by molar-refractivity contribution is -0.137. The van der Waals surface area contributed by atoms with Crippen LogP contribution in [0, 0.1) is 0 Å². The van der Waals surface area contributed by atoms with Gasteiger partial charge in [0.15, 0.2) is 11.9 Å². The van der Waals surface area contributed by atoms with Gasteiger partial charge < -0.3 is 22.5 Å². The summed E-state index contributed by atoms with van der Waals surface area (Å²) < 4.78 is 39.1. The standard InChI is InChI=1S/C22H20ClF3N6.ClH/c23-19-9-8-17(12-18(19)22(24,25)26)32-21(29)31-16-3-1-2-14(11-16)10-13-4-6-15(7-5-13)30-20(27)28;/h1-9,11-12H,10H2,(H4,27,28,30)(H3,29,31,32);1H. The highest BCUT2D eigenvalue weighted by atomic mass is 35.5. The monoisotopic (exact) mass is 496 g/mol. The van der Waals surface area contributed by atoms with Crippen LogP contribution in [-0.2, 0) is 12.6 Å². The van der Waals surface area contributed by atoms with Crippen LogP contribution >= 0.6 is 24.0 Å². The molecular formula is C22H21Cl2F3N6. The average Bonchev–Trinajstić information content (AvgIpc) is 2.70. The number of alkyl halides is 3. The Labute approximate surface area is 199 Å². The van der Waals surface area contributed by atoms with Crippen LogP contribution < -0.4 is 22.5 Å². The molecule has 0 unspecified atom stereocenters. The Hall–Kier alpha value is -3.43. The number of aliphatic imine (C=N–C) groups is 2. The highest BCUT2D eigenvalue weighted by Gasteiger charge is 2.33. The van der Waals surface area contributed by atoms with Crippen molar-refractivity contribution in [3.05, 3.63) is 88.4 Å². The van der Waals surface area contributed by atoms with E-state index in [1.807, 2.05) is 42.5 Å². The Morgan fingerprint density at radius 3 is 2.15 bits per heavy atom. The highest BCUT2D eigenvalue weighted by molar-refractivity contribution is 6.31. The summed E-state index contributed by atoms with van der Waals surface area (Å²) in [7, 11) is 0. The molecule has 0 spiro atoms. The van der Waals surface area contributed by atoms with Crippen molar-refractivity contribution in [2.75, 3.05) is 5.32 Å². The molecule has 0 radical (unpaired) electrons. The average molecular weight is 497 g/mol. The van der Waals surface area contributed by atoms with Crippen LogP contribution in [-0.4, -0.2) is 11.9 Å². The molecule has 0 aliphatic heterocycles. The van der Waals surface area contributed by atoms with Gasteiger partial charge in [0.25, 0.3) is 0 Å². The second-order valence-electron chi connectivity index (χ2n) is 6.86. The lowest BCUT2D eigenvalue weighted by Crippen LogP contribution is -2.22. The van der Waals surface area contributed by atoms with Gasteiger partial charge in [-0.15, -0.1) is 12.4 Å². The van der Waals surface area contributed by atoms with E-state index >= 15 is 0 Å². The molecule has 174 valence electrons. The Bertz CT molecular complexity index is 1160. The summed E-state index contributed by atoms with van der Waals surface area (Å²) in [6.45, 7) is 0. The fourth-order valence-electron chi connectivity index (χ4n) is 2.95. The molecule has 6 nitrogen and oxygen atoms in total. The number of benzene rings is 3. The summed E-state index contributed by atoms with van der Waals surface area (Å²) in [5, 5.41) is 2.49. The third kappa shape index (κ3) is 7.58. The fraction of sp³-hybridized carbons (Fsp3) is 0.0909. The highest BCUT2D eigenvalue weighted by Crippen LogP contribution is 2.36. The van der Waals surface area contributed by atoms with E-state index < -0.39 is 16.8 Å². The van der Waals surface area contributed by atoms with E-state index in [1.165, 1.54) is 6.07 Å². The predicted molar refractivity (Wildman–Crippen MR) is 130 cm³/mol. The number of hydrogen-bond acceptors (Lipinski definition) is 2. The van der Waals surface area contributed by atoms with Gasteiger partial charge in [-0.25, -0.2) is 9.98 Å². The molecule has 0 aliphatic carbocycles. The molecule has 0 bridgehead atoms. The van der Waals surface area contributed by atoms with Crippen LogP contribution in [0.4, 0.5) is 30.2 Å². The van der Waals surface area contributed by atoms with Crippen LogP contribution in [0.1, 0.15) is 16.7 Å². The van der Waals surface area contributed by atoms with Gasteiger partial charge in [-0.05, 0) is 60.0 Å². The van der Waals surface area contributed by atoms with Crippen LogP contribution in [0.5, 0.6) is 0 Å². The van der Waals surface area contributed by atoms with Crippen molar-refractivity contribution in [1.82, 2.24) is 0 Å². The maximum absolute atomic E-state index is 13.0. The van der Waals surface area contributed by atoms with Gasteiger partial charge in [0, 0.05) is 5.69 Å². The van der Waals surface area contributed by atoms with Gasteiger partial charge in [0.2, 0.25) is 0 Å². The lowest BCUT2D eigenvalue weighted by atomic mass is 10.0. The molecule has 0 fully saturated rings. The molecule has 0 saturated carbocycles. The van der Waals surface area contributed by atoms with Crippen molar-refractivity contribution in [3.8, 4) is 0 Å². The molecular weight excluding hydrogens is 476 g/mol. The molecule has 3 aromatic carbocycles. The van der Waals surface area contributed by atoms with Gasteiger partial charge in [0.1, 0.15) is 0 Å². The van der Waals surface area contributed by atoms with E-state index in [2.05, 4.69) is 15.3 Å². The van der Waals surface area contributed by atoms with Crippen LogP contribution in [0.2, 0.25) is 5.02 Å². The SMILES string of the molecule is Cl.NC(N)=Nc1ccc(Cc2cccc(NC(N)=Nc3ccc(Cl)c(C(F)(F)F)c3)c2)cc1. The maximum atomic E-state index is 13.0. The summed E-state index contributed by atoms with van der Waals surface area (Å²) in [6, 6.07) is 18.2. The number of nitrogens with one attached hydrogen (secondary N) is 1. The molecule has 0 saturated heterocycles. The van der Waals surface area contributed by atoms with E-state index in [0.29, 0.717) is 17.8 Å². The van der Waals surface area contributed by atoms with Crippen molar-refractivity contribution in [1.29, 1.82) is 0 Å². The Kier molecular flexibility index (Phi) is 8.56. The number of anilines is 1. The number of rotatable bonds is 5. The number of nitrogens with zero attached hydrogens (tertiary/aromatic N) is 2. The third-order valence-corrected chi connectivity index (χ3v) is 4.64. The molecule has 0 heterocycles. The largest absolute Gasteiger partial charge is 0.417 e. The molecule has 33 heavy (non-hydrogen) atoms. The molecule has 0 aliphatic rings. The minimum Gasteiger partial charge on any atom is -0.370 e. The smallest absolute Gasteiger partial charge is 0.370 e. The zero-order valence-electron chi connectivity index (χ0n) is 17.1. The minimum atomic E-state index is -4.58. The summed E-state index contributed by atoms with van der Waals surface area (Å²) in [6.07, 6.45) is -3.94. The van der Waals surface area contributed by atoms with Crippen LogP contribution in [0.25, 0.3) is 0 Å². The van der Waals surface area contributed by atoms with E-state index in [1.54, 1.807) is 6.07 Å². The molecule has 0 amide bonds. The van der Waals surface area contributed by atoms with E-state index in [-0.39, 0.29) is 30.0 Å². The van der Waals surface area contributed by atoms with Gasteiger partial charge in [0.05, 0.1) is 22.0 Å². The van der Waals surface area contributed by atoms with Crippen molar-refractivity contribution < 1.29 is 13.2 Å². The van der Waals surface area contributed by atoms with Gasteiger partial charge >= 0.3 is 6.18 Å². The molecule has 3 rings (SSSR count). The summed E-state index contributed by atoms with van der Waals surface area (Å²) in [4.78, 5) is 7.99. The Balaban J connectivity index is 0.00000385. The van der Waals surface area contributed by atoms with Crippen molar-refractivity contribution in [2.45, 2.75) is 12.6 Å². The van der Waals surface area contributed by atoms with Gasteiger partial charge in [-0.1, -0.05) is 35.9 Å². The number of hydrogen-bond donors (Lipinski definition) is 4. The summed E-state index contributed by atoms with van der Waals surface area (Å²) in [5.74, 6) is -0.0665. The second kappa shape index (κ2) is 10.9. The minimum absolute atomic E-state index is 0. The van der Waals surface area contributed by atoms with Crippen LogP contribution in [0.3, 0.4) is 0 Å². The Morgan fingerprint density at radius 1 is 0.848 bits per heavy atom. The first-order valence-electron chi connectivity index (χ1n) is 9.35. The van der Waals surface area contributed by atoms with E-state index in [9.17, 15) is 13.2 Å². The van der Waals surface area contributed by atoms with Crippen molar-refractivity contribution in [3.63, 3.8) is 0 Å². The quantitative estimate of drug-likeness (QED) is 0.282. The summed E-state index contributed by atoms with van der Waals surface area (Å²) >= 11 is 5.63. The summed E-state index contributed by atoms with van der Waals surface area (Å²) in [5.41, 5.74) is 19.0. The molecule has 0 aromatic heterocycles. The number of guanidine groups is 2. The lowest BCUT2D eigenvalue weighted by Gasteiger charge is -2.11. The zero-order chi connectivity index (χ0) is 23.3. The van der Waals surface area contributed by atoms with E-state index in [4.69, 9.17) is 28.8 Å². The van der Waals surface area contributed by atoms with Crippen molar-refractivity contribution in [2.24, 2.45) is 27.2 Å². The topological polar surface area (TPSA) is 115 Å². The number of halogens is 5. The third-order valence-electron chi connectivity index (χ3n) is 4.31. The first kappa shape index (κ1) is 25.8. The normalized spacial score (nSPS) is 11.5. The second-order valence-corrected chi connectivity index (χ2v) is 7.27. The van der Waals surface area contributed by atoms with Crippen molar-refractivity contribution >= 4 is 53.0 Å². The number of nitrogens with two attached hydrogens (primary N) is 3. The molecule has 7 N–H and O–H groups in total. The first-order valence-corrected chi connectivity index (χ1v) is 9.73. The zero-order valence-corrected chi connectivity index (χ0v) is 18.7. The first-order chi connectivity index (χ1) is 15.1. The van der Waals surface area contributed by atoms with Gasteiger partial charge in [-0.3, -0.25) is 0 Å². The predicted octanol–water partition coefficient (Wildman–Crippen LogP) is 5.33. The molecule has 0 atom stereocenters.